The summed E-state index contributed by atoms with van der Waals surface area (Å²) in [4.78, 5) is 28.8. The molecule has 3 saturated carbocycles. The first-order chi connectivity index (χ1) is 27.8. The maximum atomic E-state index is 13.5. The fourth-order valence-electron chi connectivity index (χ4n) is 14.0. The van der Waals surface area contributed by atoms with Crippen LogP contribution < -0.4 is 17.0 Å². The van der Waals surface area contributed by atoms with Crippen molar-refractivity contribution in [2.24, 2.45) is 46.3 Å². The summed E-state index contributed by atoms with van der Waals surface area (Å²) >= 11 is 0. The van der Waals surface area contributed by atoms with Crippen molar-refractivity contribution in [3.05, 3.63) is 82.4 Å². The van der Waals surface area contributed by atoms with Crippen LogP contribution in [0.5, 0.6) is 0 Å². The van der Waals surface area contributed by atoms with Crippen molar-refractivity contribution >= 4 is 11.9 Å². The van der Waals surface area contributed by atoms with Crippen LogP contribution in [0.1, 0.15) is 121 Å². The Labute approximate surface area is 365 Å². The van der Waals surface area contributed by atoms with Crippen LogP contribution >= 0.6 is 0 Å². The number of carbonyl (C=O) groups is 2. The molecule has 3 heterocycles. The van der Waals surface area contributed by atoms with Gasteiger partial charge in [-0.15, -0.1) is 0 Å². The third-order valence-electron chi connectivity index (χ3n) is 17.5. The molecule has 8 heteroatoms. The van der Waals surface area contributed by atoms with Crippen molar-refractivity contribution in [2.75, 3.05) is 32.8 Å². The maximum absolute atomic E-state index is 13.5. The van der Waals surface area contributed by atoms with E-state index in [0.717, 1.165) is 69.4 Å². The van der Waals surface area contributed by atoms with E-state index in [9.17, 15) is 9.59 Å². The predicted octanol–water partition coefficient (Wildman–Crippen LogP) is 6.73. The van der Waals surface area contributed by atoms with Gasteiger partial charge in [-0.1, -0.05) is 99.0 Å². The minimum Gasteiger partial charge on any atom is -1.00 e. The Morgan fingerprint density at radius 2 is 1.51 bits per heavy atom. The molecule has 0 radical (unpaired) electrons. The van der Waals surface area contributed by atoms with Gasteiger partial charge in [-0.25, -0.2) is 0 Å². The highest BCUT2D eigenvalue weighted by molar-refractivity contribution is 5.81. The Balaban J connectivity index is 0.00000484. The zero-order valence-electron chi connectivity index (χ0n) is 36.9. The number of hydrogen-bond donors (Lipinski definition) is 0. The van der Waals surface area contributed by atoms with Crippen molar-refractivity contribution in [1.29, 1.82) is 0 Å². The second-order valence-corrected chi connectivity index (χ2v) is 21.1. The molecule has 7 aliphatic rings. The second-order valence-electron chi connectivity index (χ2n) is 21.1. The monoisotopic (exact) mass is 870 g/mol. The maximum Gasteiger partial charge on any atom is 0.306 e. The molecule has 0 aromatic heterocycles. The van der Waals surface area contributed by atoms with E-state index in [-0.39, 0.29) is 59.0 Å². The first-order valence-electron chi connectivity index (χ1n) is 23.2. The Morgan fingerprint density at radius 1 is 0.847 bits per heavy atom. The van der Waals surface area contributed by atoms with Crippen molar-refractivity contribution in [2.45, 2.75) is 143 Å². The number of halogens is 1. The summed E-state index contributed by atoms with van der Waals surface area (Å²) in [6, 6.07) is 17.8. The van der Waals surface area contributed by atoms with Gasteiger partial charge in [-0.05, 0) is 99.2 Å². The van der Waals surface area contributed by atoms with E-state index in [0.29, 0.717) is 60.1 Å². The third kappa shape index (κ3) is 8.04. The number of aryl methyl sites for hydroxylation is 2. The van der Waals surface area contributed by atoms with Crippen LogP contribution in [-0.2, 0) is 36.9 Å². The van der Waals surface area contributed by atoms with Gasteiger partial charge in [0.25, 0.3) is 0 Å². The van der Waals surface area contributed by atoms with Crippen LogP contribution in [0.4, 0.5) is 0 Å². The van der Waals surface area contributed by atoms with Gasteiger partial charge < -0.3 is 40.6 Å². The van der Waals surface area contributed by atoms with Crippen molar-refractivity contribution in [3.63, 3.8) is 0 Å². The van der Waals surface area contributed by atoms with E-state index in [4.69, 9.17) is 14.2 Å². The quantitative estimate of drug-likeness (QED) is 0.168. The zero-order valence-corrected chi connectivity index (χ0v) is 38.4. The summed E-state index contributed by atoms with van der Waals surface area (Å²) < 4.78 is 20.7. The largest absolute Gasteiger partial charge is 1.00 e. The molecule has 3 aliphatic heterocycles. The SMILES string of the molecule is Cc1ccc(C[N+]2(Cc3ccc(C)cc3)CCN(C(=O)CCC(=O)O[C@H]3CC[C@@]4(C)C(=CC[C@H]5[C@@H]6C[C@@H]7O[C@]8(CC[C@@H](C)CO8)[C@@H](C)[C@@H]7[C@@]6(C)CC[C@@H]54)C3)CC2)cc1.[Br-]. The van der Waals surface area contributed by atoms with Crippen LogP contribution in [0.25, 0.3) is 0 Å². The highest BCUT2D eigenvalue weighted by Gasteiger charge is 2.68. The molecule has 59 heavy (non-hydrogen) atoms. The van der Waals surface area contributed by atoms with Crippen LogP contribution in [0.15, 0.2) is 60.2 Å². The van der Waals surface area contributed by atoms with Gasteiger partial charge in [0, 0.05) is 36.3 Å². The number of benzene rings is 2. The number of esters is 1. The van der Waals surface area contributed by atoms with Gasteiger partial charge in [0.2, 0.25) is 5.91 Å². The van der Waals surface area contributed by atoms with Crippen LogP contribution in [0, 0.1) is 60.2 Å². The standard InChI is InChI=1S/C51H71N2O5.BrH/c1-34-7-11-38(12-8-34)31-53(32-39-13-9-35(2)10-14-39)27-25-52(26-28-53)46(54)17-18-47(55)57-41-20-22-49(5)40(29-41)15-16-42-43(49)21-23-50(6)44(42)30-45-48(50)37(4)51(58-45)24-19-36(3)33-56-51;/h7-15,36-37,41-45,48H,16-33H2,1-6H3;1H/q+1;/p-1/t36-,37+,41+,42-,43+,44+,45+,48+,49+,50+,51-;/m1./s1. The lowest BCUT2D eigenvalue weighted by atomic mass is 9.47. The highest BCUT2D eigenvalue weighted by atomic mass is 79.9. The van der Waals surface area contributed by atoms with E-state index in [1.807, 2.05) is 4.90 Å². The molecule has 0 bridgehead atoms. The predicted molar refractivity (Wildman–Crippen MR) is 227 cm³/mol. The van der Waals surface area contributed by atoms with Gasteiger partial charge in [0.15, 0.2) is 5.79 Å². The number of fused-ring (bicyclic) bond motifs is 7. The molecule has 9 rings (SSSR count). The normalized spacial score (nSPS) is 38.3. The van der Waals surface area contributed by atoms with E-state index >= 15 is 0 Å². The lowest BCUT2D eigenvalue weighted by Crippen LogP contribution is -3.00. The minimum atomic E-state index is -0.356. The van der Waals surface area contributed by atoms with Gasteiger partial charge in [0.05, 0.1) is 45.3 Å². The van der Waals surface area contributed by atoms with Gasteiger partial charge in [-0.3, -0.25) is 9.59 Å². The Kier molecular flexibility index (Phi) is 12.2. The van der Waals surface area contributed by atoms with Crippen LogP contribution in [-0.4, -0.2) is 72.0 Å². The molecule has 11 atom stereocenters. The molecule has 3 saturated heterocycles. The molecule has 0 N–H and O–H groups in total. The summed E-state index contributed by atoms with van der Waals surface area (Å²) in [7, 11) is 0. The Morgan fingerprint density at radius 3 is 2.14 bits per heavy atom. The average Bonchev–Trinajstić information content (AvgIpc) is 3.66. The molecule has 6 fully saturated rings. The number of amides is 1. The van der Waals surface area contributed by atoms with Crippen LogP contribution in [0.3, 0.4) is 0 Å². The minimum absolute atomic E-state index is 0. The van der Waals surface area contributed by atoms with Gasteiger partial charge in [0.1, 0.15) is 19.2 Å². The lowest BCUT2D eigenvalue weighted by molar-refractivity contribution is -0.956. The molecule has 1 amide bonds. The van der Waals surface area contributed by atoms with Gasteiger partial charge in [-0.2, -0.15) is 0 Å². The molecular formula is C51H71BrN2O5. The smallest absolute Gasteiger partial charge is 0.306 e. The summed E-state index contributed by atoms with van der Waals surface area (Å²) in [5, 5.41) is 0. The molecule has 1 spiro atoms. The zero-order chi connectivity index (χ0) is 40.5. The van der Waals surface area contributed by atoms with Crippen molar-refractivity contribution < 1.29 is 45.3 Å². The van der Waals surface area contributed by atoms with E-state index < -0.39 is 0 Å². The molecule has 2 aromatic rings. The average molecular weight is 872 g/mol. The molecule has 7 nitrogen and oxygen atoms in total. The fourth-order valence-corrected chi connectivity index (χ4v) is 14.0. The van der Waals surface area contributed by atoms with Crippen LogP contribution in [0.2, 0.25) is 0 Å². The molecule has 4 aliphatic carbocycles. The van der Waals surface area contributed by atoms with Crippen molar-refractivity contribution in [3.8, 4) is 0 Å². The number of quaternary nitrogens is 1. The second kappa shape index (κ2) is 16.6. The number of carbonyl (C=O) groups excluding carboxylic acids is 2. The summed E-state index contributed by atoms with van der Waals surface area (Å²) in [6.07, 6.45) is 13.2. The molecule has 322 valence electrons. The highest BCUT2D eigenvalue weighted by Crippen LogP contribution is 2.70. The first-order valence-corrected chi connectivity index (χ1v) is 23.2. The fraction of sp³-hybridized carbons (Fsp3) is 0.686. The number of ether oxygens (including phenoxy) is 3. The molecule has 0 unspecified atom stereocenters. The Bertz CT molecular complexity index is 1810. The van der Waals surface area contributed by atoms with Crippen molar-refractivity contribution in [1.82, 2.24) is 4.90 Å². The Hall–Kier alpha value is -2.52. The van der Waals surface area contributed by atoms with E-state index in [1.54, 1.807) is 0 Å². The summed E-state index contributed by atoms with van der Waals surface area (Å²) in [5.74, 6) is 3.25. The third-order valence-corrected chi connectivity index (χ3v) is 17.5. The number of rotatable bonds is 8. The first kappa shape index (κ1) is 43.1. The molecule has 2 aromatic carbocycles. The topological polar surface area (TPSA) is 65.1 Å². The number of piperazine rings is 1. The summed E-state index contributed by atoms with van der Waals surface area (Å²) in [6.45, 7) is 20.1. The van der Waals surface area contributed by atoms with E-state index in [1.165, 1.54) is 53.5 Å². The van der Waals surface area contributed by atoms with Gasteiger partial charge >= 0.3 is 5.97 Å². The van der Waals surface area contributed by atoms with E-state index in [2.05, 4.69) is 96.1 Å². The summed E-state index contributed by atoms with van der Waals surface area (Å²) in [5.41, 5.74) is 7.24. The number of hydrogen-bond acceptors (Lipinski definition) is 5. The number of allylic oxidation sites excluding steroid dienone is 1. The molecular weight excluding hydrogens is 800 g/mol. The number of nitrogens with zero attached hydrogens (tertiary/aromatic N) is 2. The lowest BCUT2D eigenvalue weighted by Gasteiger charge is -2.58.